The lowest BCUT2D eigenvalue weighted by molar-refractivity contribution is 0.547. The van der Waals surface area contributed by atoms with Crippen molar-refractivity contribution >= 4 is 11.5 Å². The molecule has 4 heterocycles. The summed E-state index contributed by atoms with van der Waals surface area (Å²) < 4.78 is 41.8. The Morgan fingerprint density at radius 1 is 0.926 bits per heavy atom. The molecule has 0 aliphatic carbocycles. The smallest absolute Gasteiger partial charge is 0.144 e. The number of benzene rings is 1. The van der Waals surface area contributed by atoms with Crippen LogP contribution < -0.4 is 5.32 Å². The molecule has 0 atom stereocenters. The molecule has 132 valence electrons. The van der Waals surface area contributed by atoms with Gasteiger partial charge >= 0.3 is 0 Å². The van der Waals surface area contributed by atoms with E-state index >= 15 is 0 Å². The Kier molecular flexibility index (Phi) is 3.27. The van der Waals surface area contributed by atoms with E-state index in [9.17, 15) is 13.2 Å². The van der Waals surface area contributed by atoms with E-state index < -0.39 is 23.0 Å². The molecule has 1 aromatic carbocycles. The van der Waals surface area contributed by atoms with Crippen molar-refractivity contribution in [1.29, 1.82) is 0 Å². The first kappa shape index (κ1) is 15.6. The number of halogens is 3. The first-order valence-electron chi connectivity index (χ1n) is 8.03. The number of aromatic amines is 1. The summed E-state index contributed by atoms with van der Waals surface area (Å²) in [5, 5.41) is 3.19. The lowest BCUT2D eigenvalue weighted by Gasteiger charge is -2.08. The van der Waals surface area contributed by atoms with E-state index in [1.807, 2.05) is 0 Å². The van der Waals surface area contributed by atoms with Gasteiger partial charge in [-0.1, -0.05) is 0 Å². The Morgan fingerprint density at radius 3 is 2.56 bits per heavy atom. The predicted molar refractivity (Wildman–Crippen MR) is 93.6 cm³/mol. The molecule has 0 saturated heterocycles. The van der Waals surface area contributed by atoms with Crippen molar-refractivity contribution in [3.05, 3.63) is 66.4 Å². The standard InChI is InChI=1S/C19H10F3N5/c20-9-6-12(21)15(13(22)7-9)19-26-16-10-3-5-23-8-14(10)25-18-11(17(16)27-19)2-1-4-24-18/h1-8H,(H,24,25)(H,26,27). The molecular formula is C19H10F3N5. The summed E-state index contributed by atoms with van der Waals surface area (Å²) >= 11 is 0. The molecule has 4 aromatic rings. The van der Waals surface area contributed by atoms with Gasteiger partial charge in [0.1, 0.15) is 34.8 Å². The molecule has 5 nitrogen and oxygen atoms in total. The van der Waals surface area contributed by atoms with Gasteiger partial charge in [-0.3, -0.25) is 4.98 Å². The molecule has 1 aliphatic heterocycles. The molecule has 5 rings (SSSR count). The summed E-state index contributed by atoms with van der Waals surface area (Å²) in [6.45, 7) is 0. The summed E-state index contributed by atoms with van der Waals surface area (Å²) in [6.07, 6.45) is 4.86. The van der Waals surface area contributed by atoms with Crippen LogP contribution in [0.2, 0.25) is 0 Å². The molecule has 1 aliphatic rings. The number of nitrogens with zero attached hydrogens (tertiary/aromatic N) is 3. The number of aromatic nitrogens is 4. The molecule has 0 spiro atoms. The number of fused-ring (bicyclic) bond motifs is 5. The highest BCUT2D eigenvalue weighted by Gasteiger charge is 2.26. The summed E-state index contributed by atoms with van der Waals surface area (Å²) in [6, 6.07) is 6.55. The fourth-order valence-corrected chi connectivity index (χ4v) is 3.19. The van der Waals surface area contributed by atoms with Gasteiger partial charge in [-0.25, -0.2) is 23.1 Å². The van der Waals surface area contributed by atoms with Crippen molar-refractivity contribution < 1.29 is 13.2 Å². The topological polar surface area (TPSA) is 66.5 Å². The number of H-pyrrole nitrogens is 1. The second kappa shape index (κ2) is 5.66. The normalized spacial score (nSPS) is 11.8. The summed E-state index contributed by atoms with van der Waals surface area (Å²) in [7, 11) is 0. The molecule has 0 bridgehead atoms. The van der Waals surface area contributed by atoms with Crippen LogP contribution in [0.5, 0.6) is 0 Å². The van der Waals surface area contributed by atoms with E-state index in [-0.39, 0.29) is 5.82 Å². The third-order valence-electron chi connectivity index (χ3n) is 4.35. The van der Waals surface area contributed by atoms with Gasteiger partial charge < -0.3 is 10.3 Å². The average molecular weight is 365 g/mol. The molecule has 2 N–H and O–H groups in total. The third-order valence-corrected chi connectivity index (χ3v) is 4.35. The van der Waals surface area contributed by atoms with Crippen LogP contribution >= 0.6 is 0 Å². The Hall–Kier alpha value is -3.68. The number of pyridine rings is 2. The molecule has 0 amide bonds. The summed E-state index contributed by atoms with van der Waals surface area (Å²) in [5.41, 5.74) is 2.68. The Bertz CT molecular complexity index is 1120. The summed E-state index contributed by atoms with van der Waals surface area (Å²) in [4.78, 5) is 15.8. The van der Waals surface area contributed by atoms with Crippen LogP contribution in [-0.2, 0) is 0 Å². The second-order valence-electron chi connectivity index (χ2n) is 6.00. The largest absolute Gasteiger partial charge is 0.338 e. The Morgan fingerprint density at radius 2 is 1.74 bits per heavy atom. The minimum absolute atomic E-state index is 0.0329. The van der Waals surface area contributed by atoms with E-state index in [0.29, 0.717) is 40.6 Å². The summed E-state index contributed by atoms with van der Waals surface area (Å²) in [5.74, 6) is -2.54. The SMILES string of the molecule is Fc1cc(F)c(-c2nc3c([nH]2)-c2ccncc2Nc2ncccc2-3)c(F)c1. The maximum atomic E-state index is 14.3. The number of nitrogens with one attached hydrogen (secondary N) is 2. The maximum absolute atomic E-state index is 14.3. The number of anilines is 2. The van der Waals surface area contributed by atoms with Gasteiger partial charge in [0.25, 0.3) is 0 Å². The van der Waals surface area contributed by atoms with Crippen LogP contribution in [0.1, 0.15) is 0 Å². The Balaban J connectivity index is 1.82. The number of rotatable bonds is 1. The number of imidazole rings is 1. The van der Waals surface area contributed by atoms with Crippen molar-refractivity contribution in [3.63, 3.8) is 0 Å². The number of hydrogen-bond donors (Lipinski definition) is 2. The lowest BCUT2D eigenvalue weighted by atomic mass is 10.1. The van der Waals surface area contributed by atoms with Gasteiger partial charge in [-0.05, 0) is 18.2 Å². The highest BCUT2D eigenvalue weighted by Crippen LogP contribution is 2.43. The van der Waals surface area contributed by atoms with Gasteiger partial charge in [0, 0.05) is 35.7 Å². The minimum atomic E-state index is -1.03. The van der Waals surface area contributed by atoms with Crippen molar-refractivity contribution in [3.8, 4) is 33.9 Å². The highest BCUT2D eigenvalue weighted by molar-refractivity contribution is 5.95. The van der Waals surface area contributed by atoms with E-state index in [1.54, 1.807) is 36.8 Å². The molecule has 0 saturated carbocycles. The van der Waals surface area contributed by atoms with Crippen LogP contribution in [0.25, 0.3) is 33.9 Å². The fraction of sp³-hybridized carbons (Fsp3) is 0. The molecule has 27 heavy (non-hydrogen) atoms. The van der Waals surface area contributed by atoms with E-state index in [2.05, 4.69) is 25.3 Å². The molecule has 0 unspecified atom stereocenters. The van der Waals surface area contributed by atoms with Crippen molar-refractivity contribution in [2.24, 2.45) is 0 Å². The van der Waals surface area contributed by atoms with Gasteiger partial charge in [0.15, 0.2) is 0 Å². The molecular weight excluding hydrogens is 355 g/mol. The zero-order valence-corrected chi connectivity index (χ0v) is 13.6. The molecule has 0 radical (unpaired) electrons. The van der Waals surface area contributed by atoms with E-state index in [0.717, 1.165) is 5.56 Å². The zero-order chi connectivity index (χ0) is 18.5. The van der Waals surface area contributed by atoms with Gasteiger partial charge in [0.2, 0.25) is 0 Å². The van der Waals surface area contributed by atoms with Crippen LogP contribution in [0.15, 0.2) is 48.9 Å². The van der Waals surface area contributed by atoms with Crippen LogP contribution in [0, 0.1) is 17.5 Å². The second-order valence-corrected chi connectivity index (χ2v) is 6.00. The average Bonchev–Trinajstić information content (AvgIpc) is 3.01. The zero-order valence-electron chi connectivity index (χ0n) is 13.6. The number of hydrogen-bond acceptors (Lipinski definition) is 4. The molecule has 3 aromatic heterocycles. The molecule has 0 fully saturated rings. The highest BCUT2D eigenvalue weighted by atomic mass is 19.1. The van der Waals surface area contributed by atoms with Crippen LogP contribution in [-0.4, -0.2) is 19.9 Å². The first-order valence-corrected chi connectivity index (χ1v) is 8.03. The Labute approximate surface area is 151 Å². The minimum Gasteiger partial charge on any atom is -0.338 e. The quantitative estimate of drug-likeness (QED) is 0.453. The van der Waals surface area contributed by atoms with E-state index in [1.165, 1.54) is 0 Å². The fourth-order valence-electron chi connectivity index (χ4n) is 3.19. The van der Waals surface area contributed by atoms with Crippen LogP contribution in [0.3, 0.4) is 0 Å². The van der Waals surface area contributed by atoms with Crippen molar-refractivity contribution in [2.45, 2.75) is 0 Å². The predicted octanol–water partition coefficient (Wildman–Crippen LogP) is 4.68. The first-order chi connectivity index (χ1) is 13.1. The monoisotopic (exact) mass is 365 g/mol. The third kappa shape index (κ3) is 2.37. The van der Waals surface area contributed by atoms with Gasteiger partial charge in [-0.15, -0.1) is 0 Å². The van der Waals surface area contributed by atoms with Gasteiger partial charge in [0.05, 0.1) is 23.1 Å². The maximum Gasteiger partial charge on any atom is 0.144 e. The van der Waals surface area contributed by atoms with Crippen molar-refractivity contribution in [2.75, 3.05) is 5.32 Å². The van der Waals surface area contributed by atoms with Crippen LogP contribution in [0.4, 0.5) is 24.7 Å². The lowest BCUT2D eigenvalue weighted by Crippen LogP contribution is -1.97. The molecule has 8 heteroatoms. The van der Waals surface area contributed by atoms with Gasteiger partial charge in [-0.2, -0.15) is 0 Å². The van der Waals surface area contributed by atoms with Crippen molar-refractivity contribution in [1.82, 2.24) is 19.9 Å². The van der Waals surface area contributed by atoms with E-state index in [4.69, 9.17) is 0 Å².